The average molecular weight is 334 g/mol. The van der Waals surface area contributed by atoms with Gasteiger partial charge in [-0.05, 0) is 24.3 Å². The van der Waals surface area contributed by atoms with Crippen LogP contribution in [-0.2, 0) is 9.59 Å². The fourth-order valence-corrected chi connectivity index (χ4v) is 3.38. The van der Waals surface area contributed by atoms with Gasteiger partial charge in [-0.2, -0.15) is 5.10 Å². The second-order valence-corrected chi connectivity index (χ2v) is 6.56. The molecule has 2 aliphatic rings. The number of amides is 3. The fraction of sp³-hybridized carbons (Fsp3) is 0.467. The van der Waals surface area contributed by atoms with Crippen LogP contribution >= 0.6 is 11.3 Å². The standard InChI is InChI=1S/C15H18N4O3S/c20-13-4-3-11(17-18-13)14(21)16-10-5-7-19(8-6-10)15(22)12-2-1-9-23-12/h1-2,9-10H,3-8H2,(H,16,21)(H,18,20). The van der Waals surface area contributed by atoms with Gasteiger partial charge in [-0.3, -0.25) is 14.4 Å². The van der Waals surface area contributed by atoms with Gasteiger partial charge < -0.3 is 10.2 Å². The molecule has 23 heavy (non-hydrogen) atoms. The minimum Gasteiger partial charge on any atom is -0.348 e. The van der Waals surface area contributed by atoms with Crippen molar-refractivity contribution in [2.45, 2.75) is 31.7 Å². The zero-order chi connectivity index (χ0) is 16.2. The second-order valence-electron chi connectivity index (χ2n) is 5.61. The van der Waals surface area contributed by atoms with Crippen molar-refractivity contribution in [2.24, 2.45) is 5.10 Å². The molecule has 1 aromatic rings. The maximum atomic E-state index is 12.3. The van der Waals surface area contributed by atoms with E-state index in [9.17, 15) is 14.4 Å². The number of hydrogen-bond donors (Lipinski definition) is 2. The molecule has 0 unspecified atom stereocenters. The lowest BCUT2D eigenvalue weighted by Gasteiger charge is -2.32. The topological polar surface area (TPSA) is 90.9 Å². The van der Waals surface area contributed by atoms with Crippen molar-refractivity contribution >= 4 is 34.8 Å². The highest BCUT2D eigenvalue weighted by Crippen LogP contribution is 2.17. The van der Waals surface area contributed by atoms with Crippen molar-refractivity contribution in [1.29, 1.82) is 0 Å². The van der Waals surface area contributed by atoms with E-state index in [-0.39, 0.29) is 23.8 Å². The number of thiophene rings is 1. The highest BCUT2D eigenvalue weighted by Gasteiger charge is 2.26. The molecular formula is C15H18N4O3S. The summed E-state index contributed by atoms with van der Waals surface area (Å²) in [6, 6.07) is 3.74. The van der Waals surface area contributed by atoms with Crippen molar-refractivity contribution in [3.8, 4) is 0 Å². The number of carbonyl (C=O) groups is 3. The summed E-state index contributed by atoms with van der Waals surface area (Å²) in [7, 11) is 0. The van der Waals surface area contributed by atoms with Gasteiger partial charge in [0.2, 0.25) is 5.91 Å². The molecule has 0 aromatic carbocycles. The summed E-state index contributed by atoms with van der Waals surface area (Å²) in [6.07, 6.45) is 2.11. The van der Waals surface area contributed by atoms with Crippen LogP contribution in [0.3, 0.4) is 0 Å². The lowest BCUT2D eigenvalue weighted by atomic mass is 10.0. The molecule has 2 aliphatic heterocycles. The van der Waals surface area contributed by atoms with Gasteiger partial charge in [-0.1, -0.05) is 6.07 Å². The number of hydrazone groups is 1. The van der Waals surface area contributed by atoms with Gasteiger partial charge in [-0.15, -0.1) is 11.3 Å². The number of carbonyl (C=O) groups excluding carboxylic acids is 3. The zero-order valence-corrected chi connectivity index (χ0v) is 13.4. The third-order valence-electron chi connectivity index (χ3n) is 4.02. The Morgan fingerprint density at radius 2 is 2.09 bits per heavy atom. The van der Waals surface area contributed by atoms with Crippen LogP contribution in [0, 0.1) is 0 Å². The van der Waals surface area contributed by atoms with E-state index in [1.54, 1.807) is 0 Å². The molecule has 0 saturated carbocycles. The molecule has 1 fully saturated rings. The quantitative estimate of drug-likeness (QED) is 0.854. The van der Waals surface area contributed by atoms with Gasteiger partial charge in [0.1, 0.15) is 5.71 Å². The first-order chi connectivity index (χ1) is 11.1. The van der Waals surface area contributed by atoms with Gasteiger partial charge in [0.05, 0.1) is 4.88 Å². The van der Waals surface area contributed by atoms with Gasteiger partial charge in [-0.25, -0.2) is 5.43 Å². The van der Waals surface area contributed by atoms with Crippen molar-refractivity contribution in [3.05, 3.63) is 22.4 Å². The molecule has 0 aliphatic carbocycles. The van der Waals surface area contributed by atoms with Crippen LogP contribution in [0.4, 0.5) is 0 Å². The number of likely N-dealkylation sites (tertiary alicyclic amines) is 1. The lowest BCUT2D eigenvalue weighted by molar-refractivity contribution is -0.121. The Bertz CT molecular complexity index is 633. The number of nitrogens with zero attached hydrogens (tertiary/aromatic N) is 2. The van der Waals surface area contributed by atoms with Crippen LogP contribution in [0.5, 0.6) is 0 Å². The Hall–Kier alpha value is -2.22. The largest absolute Gasteiger partial charge is 0.348 e. The monoisotopic (exact) mass is 334 g/mol. The summed E-state index contributed by atoms with van der Waals surface area (Å²) >= 11 is 1.44. The predicted molar refractivity (Wildman–Crippen MR) is 86.2 cm³/mol. The van der Waals surface area contributed by atoms with Gasteiger partial charge in [0.15, 0.2) is 0 Å². The smallest absolute Gasteiger partial charge is 0.267 e. The van der Waals surface area contributed by atoms with Crippen LogP contribution < -0.4 is 10.7 Å². The third-order valence-corrected chi connectivity index (χ3v) is 4.87. The van der Waals surface area contributed by atoms with Crippen molar-refractivity contribution in [1.82, 2.24) is 15.6 Å². The normalized spacial score (nSPS) is 19.0. The van der Waals surface area contributed by atoms with Gasteiger partial charge in [0, 0.05) is 32.0 Å². The maximum absolute atomic E-state index is 12.3. The Kier molecular flexibility index (Phi) is 4.71. The molecule has 3 heterocycles. The first kappa shape index (κ1) is 15.7. The first-order valence-electron chi connectivity index (χ1n) is 7.62. The molecule has 0 atom stereocenters. The van der Waals surface area contributed by atoms with Gasteiger partial charge in [0.25, 0.3) is 11.8 Å². The Morgan fingerprint density at radius 3 is 2.70 bits per heavy atom. The second kappa shape index (κ2) is 6.91. The molecule has 3 rings (SSSR count). The highest BCUT2D eigenvalue weighted by molar-refractivity contribution is 7.12. The molecule has 3 amide bonds. The molecule has 0 radical (unpaired) electrons. The zero-order valence-electron chi connectivity index (χ0n) is 12.6. The molecule has 0 bridgehead atoms. The maximum Gasteiger partial charge on any atom is 0.267 e. The Morgan fingerprint density at radius 1 is 1.30 bits per heavy atom. The number of piperidine rings is 1. The van der Waals surface area contributed by atoms with E-state index < -0.39 is 0 Å². The molecule has 1 aromatic heterocycles. The number of hydrogen-bond acceptors (Lipinski definition) is 5. The summed E-state index contributed by atoms with van der Waals surface area (Å²) in [5, 5.41) is 8.63. The summed E-state index contributed by atoms with van der Waals surface area (Å²) < 4.78 is 0. The van der Waals surface area contributed by atoms with E-state index >= 15 is 0 Å². The van der Waals surface area contributed by atoms with Crippen LogP contribution in [0.1, 0.15) is 35.4 Å². The molecule has 2 N–H and O–H groups in total. The summed E-state index contributed by atoms with van der Waals surface area (Å²) in [5.41, 5.74) is 2.69. The molecule has 1 saturated heterocycles. The highest BCUT2D eigenvalue weighted by atomic mass is 32.1. The molecular weight excluding hydrogens is 316 g/mol. The number of nitrogens with one attached hydrogen (secondary N) is 2. The van der Waals surface area contributed by atoms with Crippen LogP contribution in [0.25, 0.3) is 0 Å². The lowest BCUT2D eigenvalue weighted by Crippen LogP contribution is -2.48. The van der Waals surface area contributed by atoms with Crippen LogP contribution in [0.15, 0.2) is 22.6 Å². The van der Waals surface area contributed by atoms with Crippen LogP contribution in [-0.4, -0.2) is 47.5 Å². The minimum absolute atomic E-state index is 0.0372. The van der Waals surface area contributed by atoms with Crippen LogP contribution in [0.2, 0.25) is 0 Å². The van der Waals surface area contributed by atoms with E-state index in [0.29, 0.717) is 31.6 Å². The van der Waals surface area contributed by atoms with E-state index in [2.05, 4.69) is 15.8 Å². The Labute approximate surface area is 137 Å². The first-order valence-corrected chi connectivity index (χ1v) is 8.50. The third kappa shape index (κ3) is 3.76. The van der Waals surface area contributed by atoms with Crippen molar-refractivity contribution < 1.29 is 14.4 Å². The van der Waals surface area contributed by atoms with E-state index in [0.717, 1.165) is 17.7 Å². The SMILES string of the molecule is O=C1CCC(C(=O)NC2CCN(C(=O)c3cccs3)CC2)=NN1. The molecule has 0 spiro atoms. The fourth-order valence-electron chi connectivity index (χ4n) is 2.69. The Balaban J connectivity index is 1.48. The van der Waals surface area contributed by atoms with E-state index in [4.69, 9.17) is 0 Å². The molecule has 7 nitrogen and oxygen atoms in total. The summed E-state index contributed by atoms with van der Waals surface area (Å²) in [6.45, 7) is 1.26. The number of rotatable bonds is 3. The average Bonchev–Trinajstić information content (AvgIpc) is 3.10. The van der Waals surface area contributed by atoms with Crippen molar-refractivity contribution in [2.75, 3.05) is 13.1 Å². The van der Waals surface area contributed by atoms with E-state index in [1.807, 2.05) is 22.4 Å². The summed E-state index contributed by atoms with van der Waals surface area (Å²) in [5.74, 6) is -0.334. The molecule has 8 heteroatoms. The van der Waals surface area contributed by atoms with E-state index in [1.165, 1.54) is 11.3 Å². The minimum atomic E-state index is -0.229. The van der Waals surface area contributed by atoms with Crippen molar-refractivity contribution in [3.63, 3.8) is 0 Å². The summed E-state index contributed by atoms with van der Waals surface area (Å²) in [4.78, 5) is 38.0. The van der Waals surface area contributed by atoms with Gasteiger partial charge >= 0.3 is 0 Å². The molecule has 122 valence electrons. The predicted octanol–water partition coefficient (Wildman–Crippen LogP) is 0.735.